The summed E-state index contributed by atoms with van der Waals surface area (Å²) in [6.45, 7) is 12.5. The molecule has 8 heteroatoms. The second kappa shape index (κ2) is 13.7. The third kappa shape index (κ3) is 9.30. The van der Waals surface area contributed by atoms with Crippen molar-refractivity contribution in [2.45, 2.75) is 19.9 Å². The first-order valence-corrected chi connectivity index (χ1v) is 13.3. The normalized spacial score (nSPS) is 20.8. The summed E-state index contributed by atoms with van der Waals surface area (Å²) in [6, 6.07) is 10.4. The first kappa shape index (κ1) is 26.5. The van der Waals surface area contributed by atoms with Crippen molar-refractivity contribution in [2.75, 3.05) is 92.9 Å². The first-order chi connectivity index (χ1) is 14.9. The van der Waals surface area contributed by atoms with Crippen molar-refractivity contribution in [1.29, 1.82) is 0 Å². The van der Waals surface area contributed by atoms with Gasteiger partial charge in [0.25, 0.3) is 0 Å². The monoisotopic (exact) mass is 454 g/mol. The van der Waals surface area contributed by atoms with E-state index < -0.39 is 7.60 Å². The fourth-order valence-electron chi connectivity index (χ4n) is 3.89. The highest BCUT2D eigenvalue weighted by Gasteiger charge is 2.33. The fourth-order valence-corrected chi connectivity index (χ4v) is 5.83. The molecule has 0 bridgehead atoms. The maximum atomic E-state index is 13.5. The number of nitrogens with zero attached hydrogens (tertiary/aromatic N) is 4. The zero-order valence-electron chi connectivity index (χ0n) is 20.2. The van der Waals surface area contributed by atoms with Crippen molar-refractivity contribution in [2.24, 2.45) is 0 Å². The van der Waals surface area contributed by atoms with Crippen LogP contribution >= 0.6 is 7.60 Å². The van der Waals surface area contributed by atoms with E-state index in [1.165, 1.54) is 5.56 Å². The van der Waals surface area contributed by atoms with Gasteiger partial charge in [-0.2, -0.15) is 0 Å². The lowest BCUT2D eigenvalue weighted by Crippen LogP contribution is -2.45. The van der Waals surface area contributed by atoms with Gasteiger partial charge in [-0.25, -0.2) is 0 Å². The van der Waals surface area contributed by atoms with E-state index in [1.807, 2.05) is 19.9 Å². The average molecular weight is 455 g/mol. The Labute approximate surface area is 189 Å². The van der Waals surface area contributed by atoms with Crippen molar-refractivity contribution >= 4 is 7.60 Å². The van der Waals surface area contributed by atoms with Crippen LogP contribution in [0.25, 0.3) is 0 Å². The highest BCUT2D eigenvalue weighted by Crippen LogP contribution is 2.51. The zero-order chi connectivity index (χ0) is 22.7. The Morgan fingerprint density at radius 2 is 1.19 bits per heavy atom. The summed E-state index contributed by atoms with van der Waals surface area (Å²) >= 11 is 0. The van der Waals surface area contributed by atoms with Gasteiger partial charge in [0.15, 0.2) is 0 Å². The highest BCUT2D eigenvalue weighted by molar-refractivity contribution is 7.53. The van der Waals surface area contributed by atoms with Gasteiger partial charge < -0.3 is 23.7 Å². The molecule has 1 fully saturated rings. The Bertz CT molecular complexity index is 635. The molecule has 0 amide bonds. The molecule has 1 aliphatic rings. The molecular formula is C23H43N4O3P. The zero-order valence-corrected chi connectivity index (χ0v) is 21.1. The van der Waals surface area contributed by atoms with E-state index in [2.05, 4.69) is 65.0 Å². The Morgan fingerprint density at radius 1 is 0.774 bits per heavy atom. The summed E-state index contributed by atoms with van der Waals surface area (Å²) in [5.74, 6) is 0. The molecule has 1 unspecified atom stereocenters. The summed E-state index contributed by atoms with van der Waals surface area (Å²) < 4.78 is 24.9. The quantitative estimate of drug-likeness (QED) is 0.560. The van der Waals surface area contributed by atoms with Crippen molar-refractivity contribution in [1.82, 2.24) is 19.6 Å². The molecule has 0 N–H and O–H groups in total. The number of rotatable bonds is 8. The van der Waals surface area contributed by atoms with Crippen LogP contribution in [0.4, 0.5) is 0 Å². The van der Waals surface area contributed by atoms with Crippen LogP contribution in [0.2, 0.25) is 0 Å². The molecule has 31 heavy (non-hydrogen) atoms. The minimum Gasteiger partial charge on any atom is -0.309 e. The highest BCUT2D eigenvalue weighted by atomic mass is 31.2. The molecule has 1 atom stereocenters. The molecule has 0 saturated carbocycles. The molecule has 1 aromatic carbocycles. The van der Waals surface area contributed by atoms with E-state index in [1.54, 1.807) is 0 Å². The molecule has 1 aliphatic heterocycles. The van der Waals surface area contributed by atoms with Gasteiger partial charge in [-0.3, -0.25) is 9.46 Å². The second-order valence-corrected chi connectivity index (χ2v) is 10.6. The molecule has 7 nitrogen and oxygen atoms in total. The van der Waals surface area contributed by atoms with Gasteiger partial charge in [0.1, 0.15) is 0 Å². The minimum absolute atomic E-state index is 0.0162. The third-order valence-corrected chi connectivity index (χ3v) is 8.03. The van der Waals surface area contributed by atoms with Crippen LogP contribution in [0.5, 0.6) is 0 Å². The largest absolute Gasteiger partial charge is 0.332 e. The molecule has 2 rings (SSSR count). The number of likely N-dealkylation sites (N-methyl/N-ethyl adjacent to an activating group) is 3. The maximum absolute atomic E-state index is 13.5. The van der Waals surface area contributed by atoms with Crippen LogP contribution in [0, 0.1) is 0 Å². The summed E-state index contributed by atoms with van der Waals surface area (Å²) in [4.78, 5) is 9.65. The second-order valence-electron chi connectivity index (χ2n) is 8.50. The lowest BCUT2D eigenvalue weighted by atomic mass is 10.1. The summed E-state index contributed by atoms with van der Waals surface area (Å²) in [6.07, 6.45) is 0.370. The molecule has 1 saturated heterocycles. The number of hydrogen-bond donors (Lipinski definition) is 0. The van der Waals surface area contributed by atoms with Gasteiger partial charge in [0.05, 0.1) is 19.4 Å². The van der Waals surface area contributed by atoms with Crippen LogP contribution in [0.3, 0.4) is 0 Å². The van der Waals surface area contributed by atoms with Gasteiger partial charge in [0, 0.05) is 58.4 Å². The standard InChI is InChI=1S/C23H43N4O3P/c1-6-29-31(28,30-7-2)21-23(22-11-9-8-10-12-22)27-19-17-25(4)15-13-24(3)14-16-26(5)18-20-27/h8-12,23H,6-7,13-21H2,1-5H3. The summed E-state index contributed by atoms with van der Waals surface area (Å²) in [5, 5.41) is 0. The number of benzene rings is 1. The summed E-state index contributed by atoms with van der Waals surface area (Å²) in [7, 11) is 3.39. The van der Waals surface area contributed by atoms with Crippen LogP contribution in [0.15, 0.2) is 30.3 Å². The van der Waals surface area contributed by atoms with Crippen molar-refractivity contribution in [3.05, 3.63) is 35.9 Å². The van der Waals surface area contributed by atoms with E-state index in [9.17, 15) is 4.57 Å². The van der Waals surface area contributed by atoms with Gasteiger partial charge in [-0.05, 0) is 40.6 Å². The number of hydrogen-bond acceptors (Lipinski definition) is 7. The van der Waals surface area contributed by atoms with Gasteiger partial charge in [-0.1, -0.05) is 30.3 Å². The Balaban J connectivity index is 2.28. The molecule has 178 valence electrons. The van der Waals surface area contributed by atoms with E-state index in [0.29, 0.717) is 19.4 Å². The topological polar surface area (TPSA) is 48.5 Å². The first-order valence-electron chi connectivity index (χ1n) is 11.6. The molecule has 0 radical (unpaired) electrons. The minimum atomic E-state index is -3.18. The smallest absolute Gasteiger partial charge is 0.309 e. The van der Waals surface area contributed by atoms with Crippen molar-refractivity contribution in [3.63, 3.8) is 0 Å². The average Bonchev–Trinajstić information content (AvgIpc) is 2.75. The van der Waals surface area contributed by atoms with Gasteiger partial charge in [-0.15, -0.1) is 0 Å². The van der Waals surface area contributed by atoms with Crippen molar-refractivity contribution in [3.8, 4) is 0 Å². The van der Waals surface area contributed by atoms with Crippen LogP contribution in [-0.2, 0) is 13.6 Å². The molecular weight excluding hydrogens is 411 g/mol. The van der Waals surface area contributed by atoms with E-state index in [4.69, 9.17) is 9.05 Å². The Kier molecular flexibility index (Phi) is 11.7. The molecule has 0 aromatic heterocycles. The van der Waals surface area contributed by atoms with Crippen LogP contribution < -0.4 is 0 Å². The fraction of sp³-hybridized carbons (Fsp3) is 0.739. The third-order valence-electron chi connectivity index (χ3n) is 5.94. The Hall–Kier alpha value is -0.790. The van der Waals surface area contributed by atoms with E-state index in [-0.39, 0.29) is 6.04 Å². The lowest BCUT2D eigenvalue weighted by molar-refractivity contribution is 0.135. The molecule has 0 spiro atoms. The SMILES string of the molecule is CCOP(=O)(CC(c1ccccc1)N1CCN(C)CCN(C)CCN(C)CC1)OCC. The van der Waals surface area contributed by atoms with Crippen LogP contribution in [0.1, 0.15) is 25.5 Å². The van der Waals surface area contributed by atoms with Gasteiger partial charge in [0.2, 0.25) is 0 Å². The lowest BCUT2D eigenvalue weighted by Gasteiger charge is -2.36. The predicted octanol–water partition coefficient (Wildman–Crippen LogP) is 3.10. The van der Waals surface area contributed by atoms with Gasteiger partial charge >= 0.3 is 7.60 Å². The predicted molar refractivity (Wildman–Crippen MR) is 129 cm³/mol. The van der Waals surface area contributed by atoms with E-state index in [0.717, 1.165) is 52.4 Å². The molecule has 0 aliphatic carbocycles. The Morgan fingerprint density at radius 3 is 1.61 bits per heavy atom. The van der Waals surface area contributed by atoms with E-state index >= 15 is 0 Å². The van der Waals surface area contributed by atoms with Crippen molar-refractivity contribution < 1.29 is 13.6 Å². The maximum Gasteiger partial charge on any atom is 0.332 e. The summed E-state index contributed by atoms with van der Waals surface area (Å²) in [5.41, 5.74) is 1.17. The molecule has 1 aromatic rings. The molecule has 1 heterocycles. The van der Waals surface area contributed by atoms with Crippen LogP contribution in [-0.4, -0.2) is 112 Å².